The second-order valence-corrected chi connectivity index (χ2v) is 7.23. The van der Waals surface area contributed by atoms with Crippen LogP contribution in [0.15, 0.2) is 60.8 Å². The molecule has 0 spiro atoms. The molecule has 3 aromatic rings. The molecule has 0 saturated carbocycles. The molecule has 0 radical (unpaired) electrons. The molecular weight excluding hydrogens is 367 g/mol. The average Bonchev–Trinajstić information content (AvgIpc) is 2.75. The minimum atomic E-state index is -0.172. The second kappa shape index (κ2) is 8.34. The van der Waals surface area contributed by atoms with Crippen LogP contribution >= 0.6 is 0 Å². The van der Waals surface area contributed by atoms with Gasteiger partial charge in [0.15, 0.2) is 0 Å². The molecule has 0 amide bonds. The SMILES string of the molecule is CN(C)c1ccc(Nc2nccc(N3CCN(c4ccccc4F)CC3)n2)cc1. The Balaban J connectivity index is 1.41. The van der Waals surface area contributed by atoms with Crippen molar-refractivity contribution in [3.05, 3.63) is 66.6 Å². The monoisotopic (exact) mass is 392 g/mol. The molecule has 6 nitrogen and oxygen atoms in total. The number of anilines is 5. The Morgan fingerprint density at radius 2 is 1.59 bits per heavy atom. The van der Waals surface area contributed by atoms with Gasteiger partial charge in [0.05, 0.1) is 5.69 Å². The molecule has 1 aliphatic heterocycles. The maximum Gasteiger partial charge on any atom is 0.229 e. The molecule has 0 atom stereocenters. The van der Waals surface area contributed by atoms with Gasteiger partial charge in [0.1, 0.15) is 11.6 Å². The molecule has 2 aromatic carbocycles. The first kappa shape index (κ1) is 19.0. The molecule has 0 unspecified atom stereocenters. The number of aromatic nitrogens is 2. The standard InChI is InChI=1S/C22H25FN6/c1-27(2)18-9-7-17(8-10-18)25-22-24-12-11-21(26-22)29-15-13-28(14-16-29)20-6-4-3-5-19(20)23/h3-12H,13-16H2,1-2H3,(H,24,25,26). The van der Waals surface area contributed by atoms with Gasteiger partial charge >= 0.3 is 0 Å². The van der Waals surface area contributed by atoms with E-state index in [9.17, 15) is 4.39 Å². The minimum absolute atomic E-state index is 0.172. The van der Waals surface area contributed by atoms with E-state index < -0.39 is 0 Å². The van der Waals surface area contributed by atoms with Gasteiger partial charge in [-0.25, -0.2) is 9.37 Å². The van der Waals surface area contributed by atoms with Gasteiger partial charge in [-0.05, 0) is 42.5 Å². The van der Waals surface area contributed by atoms with E-state index in [0.29, 0.717) is 11.6 Å². The Morgan fingerprint density at radius 1 is 0.897 bits per heavy atom. The smallest absolute Gasteiger partial charge is 0.229 e. The molecule has 2 heterocycles. The van der Waals surface area contributed by atoms with Crippen LogP contribution in [0.1, 0.15) is 0 Å². The van der Waals surface area contributed by atoms with Crippen molar-refractivity contribution >= 4 is 28.8 Å². The molecule has 0 aliphatic carbocycles. The molecule has 0 bridgehead atoms. The van der Waals surface area contributed by atoms with Crippen LogP contribution in [0.4, 0.5) is 33.2 Å². The molecule has 1 fully saturated rings. The largest absolute Gasteiger partial charge is 0.378 e. The summed E-state index contributed by atoms with van der Waals surface area (Å²) in [6.45, 7) is 3.06. The highest BCUT2D eigenvalue weighted by Crippen LogP contribution is 2.23. The zero-order valence-corrected chi connectivity index (χ0v) is 16.7. The molecule has 29 heavy (non-hydrogen) atoms. The van der Waals surface area contributed by atoms with Crippen molar-refractivity contribution < 1.29 is 4.39 Å². The molecule has 7 heteroatoms. The van der Waals surface area contributed by atoms with Crippen LogP contribution in [0, 0.1) is 5.82 Å². The summed E-state index contributed by atoms with van der Waals surface area (Å²) in [5, 5.41) is 3.26. The van der Waals surface area contributed by atoms with Crippen LogP contribution in [0.5, 0.6) is 0 Å². The number of halogens is 1. The first-order valence-corrected chi connectivity index (χ1v) is 9.72. The average molecular weight is 392 g/mol. The number of rotatable bonds is 5. The fourth-order valence-corrected chi connectivity index (χ4v) is 3.44. The van der Waals surface area contributed by atoms with Crippen molar-refractivity contribution in [1.29, 1.82) is 0 Å². The highest BCUT2D eigenvalue weighted by Gasteiger charge is 2.20. The highest BCUT2D eigenvalue weighted by molar-refractivity contribution is 5.60. The van der Waals surface area contributed by atoms with Gasteiger partial charge in [-0.15, -0.1) is 0 Å². The number of para-hydroxylation sites is 1. The van der Waals surface area contributed by atoms with E-state index in [1.54, 1.807) is 12.3 Å². The first-order valence-electron chi connectivity index (χ1n) is 9.72. The number of benzene rings is 2. The van der Waals surface area contributed by atoms with E-state index in [2.05, 4.69) is 30.0 Å². The number of hydrogen-bond donors (Lipinski definition) is 1. The van der Waals surface area contributed by atoms with Crippen LogP contribution in [-0.2, 0) is 0 Å². The van der Waals surface area contributed by atoms with Crippen molar-refractivity contribution in [3.8, 4) is 0 Å². The Kier molecular flexibility index (Phi) is 5.46. The molecule has 1 N–H and O–H groups in total. The van der Waals surface area contributed by atoms with Gasteiger partial charge in [0, 0.05) is 57.8 Å². The van der Waals surface area contributed by atoms with Crippen molar-refractivity contribution in [2.45, 2.75) is 0 Å². The number of nitrogens with zero attached hydrogens (tertiary/aromatic N) is 5. The van der Waals surface area contributed by atoms with Crippen molar-refractivity contribution in [1.82, 2.24) is 9.97 Å². The summed E-state index contributed by atoms with van der Waals surface area (Å²) in [6.07, 6.45) is 1.77. The van der Waals surface area contributed by atoms with Crippen molar-refractivity contribution in [2.24, 2.45) is 0 Å². The predicted molar refractivity (Wildman–Crippen MR) is 117 cm³/mol. The maximum absolute atomic E-state index is 14.0. The third-order valence-corrected chi connectivity index (χ3v) is 5.08. The Bertz CT molecular complexity index is 952. The van der Waals surface area contributed by atoms with E-state index in [1.165, 1.54) is 6.07 Å². The number of hydrogen-bond acceptors (Lipinski definition) is 6. The van der Waals surface area contributed by atoms with E-state index in [-0.39, 0.29) is 5.82 Å². The van der Waals surface area contributed by atoms with Gasteiger partial charge in [-0.1, -0.05) is 12.1 Å². The normalized spacial score (nSPS) is 14.0. The summed E-state index contributed by atoms with van der Waals surface area (Å²) in [6, 6.07) is 17.0. The van der Waals surface area contributed by atoms with Crippen molar-refractivity contribution in [2.75, 3.05) is 60.3 Å². The lowest BCUT2D eigenvalue weighted by atomic mass is 10.2. The highest BCUT2D eigenvalue weighted by atomic mass is 19.1. The second-order valence-electron chi connectivity index (χ2n) is 7.23. The van der Waals surface area contributed by atoms with E-state index in [0.717, 1.165) is 43.4 Å². The third kappa shape index (κ3) is 4.39. The lowest BCUT2D eigenvalue weighted by Crippen LogP contribution is -2.47. The maximum atomic E-state index is 14.0. The summed E-state index contributed by atoms with van der Waals surface area (Å²) >= 11 is 0. The fraction of sp³-hybridized carbons (Fsp3) is 0.273. The van der Waals surface area contributed by atoms with Gasteiger partial charge in [-0.3, -0.25) is 0 Å². The van der Waals surface area contributed by atoms with Gasteiger partial charge < -0.3 is 20.0 Å². The number of nitrogens with one attached hydrogen (secondary N) is 1. The quantitative estimate of drug-likeness (QED) is 0.714. The summed E-state index contributed by atoms with van der Waals surface area (Å²) in [7, 11) is 4.03. The number of piperazine rings is 1. The minimum Gasteiger partial charge on any atom is -0.378 e. The zero-order valence-electron chi connectivity index (χ0n) is 16.7. The lowest BCUT2D eigenvalue weighted by molar-refractivity contribution is 0.596. The summed E-state index contributed by atoms with van der Waals surface area (Å²) in [4.78, 5) is 15.4. The van der Waals surface area contributed by atoms with Crippen LogP contribution < -0.4 is 20.0 Å². The van der Waals surface area contributed by atoms with Crippen LogP contribution in [0.2, 0.25) is 0 Å². The van der Waals surface area contributed by atoms with E-state index >= 15 is 0 Å². The van der Waals surface area contributed by atoms with Gasteiger partial charge in [0.2, 0.25) is 5.95 Å². The van der Waals surface area contributed by atoms with E-state index in [1.807, 2.05) is 56.6 Å². The predicted octanol–water partition coefficient (Wildman–Crippen LogP) is 3.75. The zero-order chi connectivity index (χ0) is 20.2. The van der Waals surface area contributed by atoms with Crippen LogP contribution in [-0.4, -0.2) is 50.2 Å². The van der Waals surface area contributed by atoms with Gasteiger partial charge in [0.25, 0.3) is 0 Å². The third-order valence-electron chi connectivity index (χ3n) is 5.08. The first-order chi connectivity index (χ1) is 14.1. The van der Waals surface area contributed by atoms with Crippen LogP contribution in [0.25, 0.3) is 0 Å². The fourth-order valence-electron chi connectivity index (χ4n) is 3.44. The molecule has 1 aromatic heterocycles. The van der Waals surface area contributed by atoms with Gasteiger partial charge in [-0.2, -0.15) is 4.98 Å². The van der Waals surface area contributed by atoms with E-state index in [4.69, 9.17) is 0 Å². The lowest BCUT2D eigenvalue weighted by Gasteiger charge is -2.36. The molecular formula is C22H25FN6. The van der Waals surface area contributed by atoms with Crippen LogP contribution in [0.3, 0.4) is 0 Å². The summed E-state index contributed by atoms with van der Waals surface area (Å²) < 4.78 is 14.0. The Hall–Kier alpha value is -3.35. The topological polar surface area (TPSA) is 47.5 Å². The Labute approximate surface area is 170 Å². The van der Waals surface area contributed by atoms with Crippen molar-refractivity contribution in [3.63, 3.8) is 0 Å². The summed E-state index contributed by atoms with van der Waals surface area (Å²) in [5.41, 5.74) is 2.74. The Morgan fingerprint density at radius 3 is 2.28 bits per heavy atom. The molecule has 4 rings (SSSR count). The molecule has 150 valence electrons. The molecule has 1 saturated heterocycles. The molecule has 1 aliphatic rings. The summed E-state index contributed by atoms with van der Waals surface area (Å²) in [5.74, 6) is 1.27.